The fourth-order valence-electron chi connectivity index (χ4n) is 2.78. The van der Waals surface area contributed by atoms with Gasteiger partial charge in [0.05, 0.1) is 12.5 Å². The normalized spacial score (nSPS) is 17.0. The predicted octanol–water partition coefficient (Wildman–Crippen LogP) is 3.58. The topological polar surface area (TPSA) is 41.1 Å². The van der Waals surface area contributed by atoms with Gasteiger partial charge in [-0.1, -0.05) is 18.2 Å². The molecule has 0 saturated carbocycles. The number of carbonyl (C=O) groups excluding carboxylic acids is 1. The van der Waals surface area contributed by atoms with Crippen LogP contribution in [-0.2, 0) is 11.3 Å². The Morgan fingerprint density at radius 2 is 2.19 bits per heavy atom. The summed E-state index contributed by atoms with van der Waals surface area (Å²) in [6, 6.07) is 10.3. The summed E-state index contributed by atoms with van der Waals surface area (Å²) >= 11 is 1.76. The first-order valence-electron chi connectivity index (χ1n) is 7.31. The van der Waals surface area contributed by atoms with Crippen LogP contribution in [-0.4, -0.2) is 12.5 Å². The monoisotopic (exact) mass is 300 g/mol. The number of thiophene rings is 1. The van der Waals surface area contributed by atoms with Gasteiger partial charge in [-0.15, -0.1) is 11.3 Å². The van der Waals surface area contributed by atoms with E-state index in [4.69, 9.17) is 0 Å². The van der Waals surface area contributed by atoms with Crippen LogP contribution in [0.4, 0.5) is 5.69 Å². The Kier molecular flexibility index (Phi) is 3.97. The molecule has 0 bridgehead atoms. The molecule has 2 heterocycles. The number of hydrogen-bond acceptors (Lipinski definition) is 3. The molecule has 1 aliphatic rings. The lowest BCUT2D eigenvalue weighted by Crippen LogP contribution is -2.32. The number of hydrogen-bond donors (Lipinski definition) is 2. The summed E-state index contributed by atoms with van der Waals surface area (Å²) in [6.45, 7) is 5.71. The minimum absolute atomic E-state index is 0.0374. The summed E-state index contributed by atoms with van der Waals surface area (Å²) in [5, 5.41) is 6.45. The van der Waals surface area contributed by atoms with Crippen LogP contribution in [0.2, 0.25) is 0 Å². The largest absolute Gasteiger partial charge is 0.385 e. The highest BCUT2D eigenvalue weighted by molar-refractivity contribution is 7.12. The third-order valence-electron chi connectivity index (χ3n) is 4.06. The SMILES string of the molecule is Cc1cc(CNC(=O)C2CCNc3ccccc32)sc1C. The molecule has 1 aromatic heterocycles. The zero-order chi connectivity index (χ0) is 14.8. The van der Waals surface area contributed by atoms with Gasteiger partial charge in [0, 0.05) is 22.0 Å². The Morgan fingerprint density at radius 3 is 2.95 bits per heavy atom. The number of amides is 1. The van der Waals surface area contributed by atoms with E-state index in [1.54, 1.807) is 11.3 Å². The quantitative estimate of drug-likeness (QED) is 0.909. The third kappa shape index (κ3) is 2.95. The van der Waals surface area contributed by atoms with E-state index in [9.17, 15) is 4.79 Å². The summed E-state index contributed by atoms with van der Waals surface area (Å²) in [5.41, 5.74) is 3.50. The number of aryl methyl sites for hydroxylation is 2. The van der Waals surface area contributed by atoms with Crippen molar-refractivity contribution in [1.29, 1.82) is 0 Å². The van der Waals surface area contributed by atoms with Gasteiger partial charge in [0.25, 0.3) is 0 Å². The van der Waals surface area contributed by atoms with Gasteiger partial charge in [-0.3, -0.25) is 4.79 Å². The molecule has 2 N–H and O–H groups in total. The molecule has 0 fully saturated rings. The van der Waals surface area contributed by atoms with Gasteiger partial charge in [-0.05, 0) is 43.5 Å². The first-order valence-corrected chi connectivity index (χ1v) is 8.13. The molecular formula is C17H20N2OS. The van der Waals surface area contributed by atoms with Gasteiger partial charge >= 0.3 is 0 Å². The summed E-state index contributed by atoms with van der Waals surface area (Å²) in [4.78, 5) is 15.0. The van der Waals surface area contributed by atoms with E-state index in [0.29, 0.717) is 6.54 Å². The molecule has 0 spiro atoms. The van der Waals surface area contributed by atoms with Crippen LogP contribution in [0.1, 0.15) is 33.2 Å². The van der Waals surface area contributed by atoms with E-state index in [1.807, 2.05) is 24.3 Å². The Labute approximate surface area is 129 Å². The van der Waals surface area contributed by atoms with Crippen LogP contribution in [0.15, 0.2) is 30.3 Å². The van der Waals surface area contributed by atoms with Crippen molar-refractivity contribution in [3.8, 4) is 0 Å². The number of benzene rings is 1. The van der Waals surface area contributed by atoms with Gasteiger partial charge < -0.3 is 10.6 Å². The number of para-hydroxylation sites is 1. The number of fused-ring (bicyclic) bond motifs is 1. The summed E-state index contributed by atoms with van der Waals surface area (Å²) in [5.74, 6) is 0.0947. The van der Waals surface area contributed by atoms with Gasteiger partial charge in [0.15, 0.2) is 0 Å². The molecule has 0 aliphatic carbocycles. The van der Waals surface area contributed by atoms with Gasteiger partial charge in [0.1, 0.15) is 0 Å². The summed E-state index contributed by atoms with van der Waals surface area (Å²) < 4.78 is 0. The maximum Gasteiger partial charge on any atom is 0.227 e. The van der Waals surface area contributed by atoms with E-state index in [-0.39, 0.29) is 11.8 Å². The molecule has 1 aliphatic heterocycles. The summed E-state index contributed by atoms with van der Waals surface area (Å²) in [7, 11) is 0. The maximum atomic E-state index is 12.5. The zero-order valence-corrected chi connectivity index (χ0v) is 13.2. The lowest BCUT2D eigenvalue weighted by molar-refractivity contribution is -0.122. The standard InChI is InChI=1S/C17H20N2OS/c1-11-9-13(21-12(11)2)10-19-17(20)15-7-8-18-16-6-4-3-5-14(15)16/h3-6,9,15,18H,7-8,10H2,1-2H3,(H,19,20). The second-order valence-electron chi connectivity index (χ2n) is 5.53. The number of rotatable bonds is 3. The Bertz CT molecular complexity index is 643. The van der Waals surface area contributed by atoms with Crippen molar-refractivity contribution >= 4 is 22.9 Å². The molecule has 3 nitrogen and oxygen atoms in total. The van der Waals surface area contributed by atoms with Crippen LogP contribution >= 0.6 is 11.3 Å². The van der Waals surface area contributed by atoms with Crippen molar-refractivity contribution in [2.24, 2.45) is 0 Å². The molecule has 1 aromatic carbocycles. The van der Waals surface area contributed by atoms with Gasteiger partial charge in [-0.25, -0.2) is 0 Å². The highest BCUT2D eigenvalue weighted by Crippen LogP contribution is 2.31. The molecule has 2 aromatic rings. The lowest BCUT2D eigenvalue weighted by atomic mass is 9.90. The van der Waals surface area contributed by atoms with Crippen molar-refractivity contribution in [3.05, 3.63) is 51.2 Å². The number of anilines is 1. The van der Waals surface area contributed by atoms with Crippen molar-refractivity contribution in [2.75, 3.05) is 11.9 Å². The molecule has 1 amide bonds. The van der Waals surface area contributed by atoms with Crippen molar-refractivity contribution in [2.45, 2.75) is 32.7 Å². The lowest BCUT2D eigenvalue weighted by Gasteiger charge is -2.25. The highest BCUT2D eigenvalue weighted by atomic mass is 32.1. The van der Waals surface area contributed by atoms with E-state index >= 15 is 0 Å². The summed E-state index contributed by atoms with van der Waals surface area (Å²) in [6.07, 6.45) is 0.853. The Balaban J connectivity index is 1.69. The van der Waals surface area contributed by atoms with Crippen LogP contribution in [0, 0.1) is 13.8 Å². The van der Waals surface area contributed by atoms with Crippen LogP contribution in [0.25, 0.3) is 0 Å². The van der Waals surface area contributed by atoms with Gasteiger partial charge in [-0.2, -0.15) is 0 Å². The molecule has 3 rings (SSSR count). The third-order valence-corrected chi connectivity index (χ3v) is 5.21. The molecule has 0 radical (unpaired) electrons. The number of nitrogens with one attached hydrogen (secondary N) is 2. The molecular weight excluding hydrogens is 280 g/mol. The molecule has 1 atom stereocenters. The van der Waals surface area contributed by atoms with Crippen LogP contribution in [0.3, 0.4) is 0 Å². The second-order valence-corrected chi connectivity index (χ2v) is 6.87. The van der Waals surface area contributed by atoms with E-state index in [1.165, 1.54) is 15.3 Å². The number of carbonyl (C=O) groups is 1. The van der Waals surface area contributed by atoms with Crippen LogP contribution < -0.4 is 10.6 Å². The fourth-order valence-corrected chi connectivity index (χ4v) is 3.77. The average Bonchev–Trinajstić information content (AvgIpc) is 2.83. The Hall–Kier alpha value is -1.81. The van der Waals surface area contributed by atoms with Gasteiger partial charge in [0.2, 0.25) is 5.91 Å². The maximum absolute atomic E-state index is 12.5. The van der Waals surface area contributed by atoms with Crippen molar-refractivity contribution in [1.82, 2.24) is 5.32 Å². The molecule has 4 heteroatoms. The molecule has 21 heavy (non-hydrogen) atoms. The van der Waals surface area contributed by atoms with Crippen molar-refractivity contribution < 1.29 is 4.79 Å². The van der Waals surface area contributed by atoms with Crippen molar-refractivity contribution in [3.63, 3.8) is 0 Å². The van der Waals surface area contributed by atoms with E-state index in [2.05, 4.69) is 30.5 Å². The minimum Gasteiger partial charge on any atom is -0.385 e. The first-order chi connectivity index (χ1) is 10.1. The van der Waals surface area contributed by atoms with Crippen LogP contribution in [0.5, 0.6) is 0 Å². The smallest absolute Gasteiger partial charge is 0.227 e. The molecule has 110 valence electrons. The minimum atomic E-state index is -0.0374. The highest BCUT2D eigenvalue weighted by Gasteiger charge is 2.25. The second kappa shape index (κ2) is 5.90. The predicted molar refractivity (Wildman–Crippen MR) is 87.9 cm³/mol. The average molecular weight is 300 g/mol. The first kappa shape index (κ1) is 14.1. The van der Waals surface area contributed by atoms with E-state index < -0.39 is 0 Å². The molecule has 1 unspecified atom stereocenters. The molecule has 0 saturated heterocycles. The Morgan fingerprint density at radius 1 is 1.38 bits per heavy atom. The van der Waals surface area contributed by atoms with E-state index in [0.717, 1.165) is 24.2 Å². The zero-order valence-electron chi connectivity index (χ0n) is 12.4. The fraction of sp³-hybridized carbons (Fsp3) is 0.353.